The summed E-state index contributed by atoms with van der Waals surface area (Å²) >= 11 is 12.4. The highest BCUT2D eigenvalue weighted by Gasteiger charge is 2.13. The third kappa shape index (κ3) is 4.77. The smallest absolute Gasteiger partial charge is 0.163 e. The Hall–Kier alpha value is -2.25. The highest BCUT2D eigenvalue weighted by atomic mass is 35.5. The van der Waals surface area contributed by atoms with Crippen LogP contribution >= 0.6 is 23.2 Å². The largest absolute Gasteiger partial charge is 0.368 e. The lowest BCUT2D eigenvalue weighted by Crippen LogP contribution is -2.45. The Labute approximate surface area is 174 Å². The van der Waals surface area contributed by atoms with Crippen LogP contribution in [0, 0.1) is 11.3 Å². The molecule has 0 aliphatic carbocycles. The normalized spacial score (nSPS) is 13.3. The Bertz CT molecular complexity index is 978. The van der Waals surface area contributed by atoms with Gasteiger partial charge in [0.15, 0.2) is 5.82 Å². The third-order valence-corrected chi connectivity index (χ3v) is 4.95. The number of nitrogens with zero attached hydrogens (tertiary/aromatic N) is 2. The SMILES string of the molecule is C[C@H](C=N)C(N)NCCNc1nc(-c2ccc(Cl)cc2Cl)nc2ccccc12. The zero-order valence-electron chi connectivity index (χ0n) is 15.4. The molecule has 0 aliphatic heterocycles. The number of fused-ring (bicyclic) bond motifs is 1. The van der Waals surface area contributed by atoms with Crippen molar-refractivity contribution in [3.05, 3.63) is 52.5 Å². The molecule has 1 aromatic heterocycles. The number of hydrogen-bond acceptors (Lipinski definition) is 6. The van der Waals surface area contributed by atoms with Crippen molar-refractivity contribution in [2.45, 2.75) is 13.1 Å². The van der Waals surface area contributed by atoms with Gasteiger partial charge in [-0.1, -0.05) is 42.3 Å². The summed E-state index contributed by atoms with van der Waals surface area (Å²) in [6, 6.07) is 13.1. The standard InChI is InChI=1S/C20H22Cl2N6/c1-12(11-23)18(24)25-8-9-26-19-15-4-2-3-5-17(15)27-20(28-19)14-7-6-13(21)10-16(14)22/h2-7,10-12,18,23,25H,8-9,24H2,1H3,(H,26,27,28)/t12-,18?/m1/s1. The Morgan fingerprint density at radius 2 is 1.93 bits per heavy atom. The highest BCUT2D eigenvalue weighted by Crippen LogP contribution is 2.31. The first-order valence-corrected chi connectivity index (χ1v) is 9.71. The number of hydrogen-bond donors (Lipinski definition) is 4. The fraction of sp³-hybridized carbons (Fsp3) is 0.250. The summed E-state index contributed by atoms with van der Waals surface area (Å²) in [6.45, 7) is 3.15. The first-order chi connectivity index (χ1) is 13.5. The average Bonchev–Trinajstić information content (AvgIpc) is 2.70. The number of aromatic nitrogens is 2. The fourth-order valence-electron chi connectivity index (χ4n) is 2.71. The van der Waals surface area contributed by atoms with Crippen LogP contribution in [-0.4, -0.2) is 35.4 Å². The third-order valence-electron chi connectivity index (χ3n) is 4.40. The lowest BCUT2D eigenvalue weighted by molar-refractivity contribution is 0.472. The molecule has 1 heterocycles. The molecule has 28 heavy (non-hydrogen) atoms. The van der Waals surface area contributed by atoms with Gasteiger partial charge in [0.1, 0.15) is 5.82 Å². The van der Waals surface area contributed by atoms with E-state index in [0.717, 1.165) is 22.3 Å². The number of nitrogens with two attached hydrogens (primary N) is 1. The van der Waals surface area contributed by atoms with Crippen molar-refractivity contribution < 1.29 is 0 Å². The van der Waals surface area contributed by atoms with E-state index >= 15 is 0 Å². The molecular weight excluding hydrogens is 395 g/mol. The van der Waals surface area contributed by atoms with Crippen molar-refractivity contribution in [2.24, 2.45) is 11.7 Å². The van der Waals surface area contributed by atoms with Crippen molar-refractivity contribution in [2.75, 3.05) is 18.4 Å². The summed E-state index contributed by atoms with van der Waals surface area (Å²) in [5, 5.41) is 15.8. The summed E-state index contributed by atoms with van der Waals surface area (Å²) in [4.78, 5) is 9.33. The monoisotopic (exact) mass is 416 g/mol. The van der Waals surface area contributed by atoms with Gasteiger partial charge in [0.2, 0.25) is 0 Å². The Morgan fingerprint density at radius 3 is 2.68 bits per heavy atom. The quantitative estimate of drug-likeness (QED) is 0.250. The molecule has 3 rings (SSSR count). The molecule has 0 spiro atoms. The Morgan fingerprint density at radius 1 is 1.14 bits per heavy atom. The van der Waals surface area contributed by atoms with E-state index in [1.807, 2.05) is 37.3 Å². The van der Waals surface area contributed by atoms with Crippen LogP contribution in [0.5, 0.6) is 0 Å². The molecule has 1 unspecified atom stereocenters. The van der Waals surface area contributed by atoms with E-state index < -0.39 is 0 Å². The molecule has 0 fully saturated rings. The van der Waals surface area contributed by atoms with Gasteiger partial charge < -0.3 is 16.5 Å². The molecule has 0 radical (unpaired) electrons. The zero-order chi connectivity index (χ0) is 20.1. The second-order valence-electron chi connectivity index (χ2n) is 6.47. The van der Waals surface area contributed by atoms with Gasteiger partial charge in [0.05, 0.1) is 16.7 Å². The van der Waals surface area contributed by atoms with Crippen molar-refractivity contribution >= 4 is 46.1 Å². The number of anilines is 1. The lowest BCUT2D eigenvalue weighted by atomic mass is 10.1. The van der Waals surface area contributed by atoms with E-state index in [-0.39, 0.29) is 12.1 Å². The van der Waals surface area contributed by atoms with Crippen molar-refractivity contribution in [1.82, 2.24) is 15.3 Å². The van der Waals surface area contributed by atoms with Gasteiger partial charge in [-0.15, -0.1) is 0 Å². The number of nitrogens with one attached hydrogen (secondary N) is 3. The van der Waals surface area contributed by atoms with E-state index in [4.69, 9.17) is 34.3 Å². The molecule has 5 N–H and O–H groups in total. The summed E-state index contributed by atoms with van der Waals surface area (Å²) in [5.74, 6) is 1.23. The molecule has 6 nitrogen and oxygen atoms in total. The van der Waals surface area contributed by atoms with Crippen LogP contribution in [0.4, 0.5) is 5.82 Å². The van der Waals surface area contributed by atoms with Gasteiger partial charge in [-0.3, -0.25) is 5.32 Å². The van der Waals surface area contributed by atoms with Crippen molar-refractivity contribution in [3.8, 4) is 11.4 Å². The van der Waals surface area contributed by atoms with Gasteiger partial charge >= 0.3 is 0 Å². The number of rotatable bonds is 8. The second kappa shape index (κ2) is 9.30. The Balaban J connectivity index is 1.84. The molecule has 8 heteroatoms. The molecular formula is C20H22Cl2N6. The molecule has 146 valence electrons. The summed E-state index contributed by atoms with van der Waals surface area (Å²) in [6.07, 6.45) is 1.08. The molecule has 2 aromatic carbocycles. The Kier molecular flexibility index (Phi) is 6.80. The van der Waals surface area contributed by atoms with Crippen LogP contribution in [-0.2, 0) is 0 Å². The lowest BCUT2D eigenvalue weighted by Gasteiger charge is -2.18. The molecule has 0 aliphatic rings. The maximum Gasteiger partial charge on any atom is 0.163 e. The van der Waals surface area contributed by atoms with E-state index in [0.29, 0.717) is 29.0 Å². The topological polar surface area (TPSA) is 99.7 Å². The summed E-state index contributed by atoms with van der Waals surface area (Å²) in [5.41, 5.74) is 7.53. The first kappa shape index (κ1) is 20.5. The van der Waals surface area contributed by atoms with Gasteiger partial charge in [0.25, 0.3) is 0 Å². The van der Waals surface area contributed by atoms with E-state index in [1.54, 1.807) is 12.1 Å². The molecule has 0 amide bonds. The number of para-hydroxylation sites is 1. The number of halogens is 2. The molecule has 2 atom stereocenters. The van der Waals surface area contributed by atoms with E-state index in [2.05, 4.69) is 20.6 Å². The fourth-order valence-corrected chi connectivity index (χ4v) is 3.20. The summed E-state index contributed by atoms with van der Waals surface area (Å²) < 4.78 is 0. The van der Waals surface area contributed by atoms with Crippen LogP contribution in [0.1, 0.15) is 6.92 Å². The first-order valence-electron chi connectivity index (χ1n) is 8.95. The van der Waals surface area contributed by atoms with Crippen LogP contribution in [0.15, 0.2) is 42.5 Å². The van der Waals surface area contributed by atoms with Crippen LogP contribution in [0.3, 0.4) is 0 Å². The van der Waals surface area contributed by atoms with Crippen LogP contribution in [0.25, 0.3) is 22.3 Å². The summed E-state index contributed by atoms with van der Waals surface area (Å²) in [7, 11) is 0. The molecule has 0 bridgehead atoms. The zero-order valence-corrected chi connectivity index (χ0v) is 16.9. The molecule has 3 aromatic rings. The minimum absolute atomic E-state index is 0.0291. The minimum atomic E-state index is -0.259. The van der Waals surface area contributed by atoms with Gasteiger partial charge in [-0.25, -0.2) is 9.97 Å². The van der Waals surface area contributed by atoms with Gasteiger partial charge in [-0.2, -0.15) is 0 Å². The maximum atomic E-state index is 7.28. The number of benzene rings is 2. The minimum Gasteiger partial charge on any atom is -0.368 e. The van der Waals surface area contributed by atoms with Crippen LogP contribution in [0.2, 0.25) is 10.0 Å². The van der Waals surface area contributed by atoms with E-state index in [9.17, 15) is 0 Å². The van der Waals surface area contributed by atoms with Crippen molar-refractivity contribution in [1.29, 1.82) is 5.41 Å². The predicted octanol–water partition coefficient (Wildman–Crippen LogP) is 4.18. The van der Waals surface area contributed by atoms with E-state index in [1.165, 1.54) is 6.21 Å². The second-order valence-corrected chi connectivity index (χ2v) is 7.31. The predicted molar refractivity (Wildman–Crippen MR) is 117 cm³/mol. The van der Waals surface area contributed by atoms with Crippen molar-refractivity contribution in [3.63, 3.8) is 0 Å². The van der Waals surface area contributed by atoms with Gasteiger partial charge in [0, 0.05) is 41.2 Å². The molecule has 0 saturated carbocycles. The van der Waals surface area contributed by atoms with Crippen LogP contribution < -0.4 is 16.4 Å². The maximum absolute atomic E-state index is 7.28. The molecule has 0 saturated heterocycles. The van der Waals surface area contributed by atoms with Gasteiger partial charge in [-0.05, 0) is 30.3 Å². The highest BCUT2D eigenvalue weighted by molar-refractivity contribution is 6.36. The average molecular weight is 417 g/mol.